The van der Waals surface area contributed by atoms with Gasteiger partial charge in [-0.3, -0.25) is 0 Å². The maximum Gasteiger partial charge on any atom is 0.187 e. The molecule has 1 aliphatic rings. The van der Waals surface area contributed by atoms with Crippen molar-refractivity contribution in [2.45, 2.75) is 45.2 Å². The van der Waals surface area contributed by atoms with Gasteiger partial charge in [0.05, 0.1) is 12.2 Å². The Morgan fingerprint density at radius 1 is 1.31 bits per heavy atom. The van der Waals surface area contributed by atoms with Crippen molar-refractivity contribution in [3.63, 3.8) is 0 Å². The molecule has 1 aliphatic heterocycles. The number of phenolic OH excluding ortho intramolecular Hbond substituents is 1. The van der Waals surface area contributed by atoms with Gasteiger partial charge in [-0.15, -0.1) is 0 Å². The summed E-state index contributed by atoms with van der Waals surface area (Å²) in [4.78, 5) is 0. The molecule has 88 valence electrons. The first kappa shape index (κ1) is 11.4. The van der Waals surface area contributed by atoms with Gasteiger partial charge in [0.2, 0.25) is 0 Å². The normalized spacial score (nSPS) is 30.2. The molecule has 16 heavy (non-hydrogen) atoms. The molecule has 0 aromatic heterocycles. The second kappa shape index (κ2) is 4.85. The number of hydrogen-bond acceptors (Lipinski definition) is 3. The van der Waals surface area contributed by atoms with E-state index in [1.807, 2.05) is 19.1 Å². The van der Waals surface area contributed by atoms with Gasteiger partial charge in [-0.2, -0.15) is 0 Å². The van der Waals surface area contributed by atoms with Crippen LogP contribution in [0.3, 0.4) is 0 Å². The number of ether oxygens (including phenoxy) is 2. The van der Waals surface area contributed by atoms with E-state index in [9.17, 15) is 5.11 Å². The number of para-hydroxylation sites is 1. The molecule has 1 heterocycles. The van der Waals surface area contributed by atoms with Crippen LogP contribution in [0.1, 0.15) is 38.5 Å². The summed E-state index contributed by atoms with van der Waals surface area (Å²) >= 11 is 0. The third-order valence-corrected chi connectivity index (χ3v) is 2.91. The van der Waals surface area contributed by atoms with Gasteiger partial charge in [-0.25, -0.2) is 0 Å². The van der Waals surface area contributed by atoms with Crippen molar-refractivity contribution in [2.75, 3.05) is 0 Å². The molecule has 1 N–H and O–H groups in total. The lowest BCUT2D eigenvalue weighted by Crippen LogP contribution is -2.31. The van der Waals surface area contributed by atoms with E-state index < -0.39 is 6.29 Å². The van der Waals surface area contributed by atoms with Crippen molar-refractivity contribution >= 4 is 0 Å². The molecule has 0 aliphatic carbocycles. The molecule has 0 bridgehead atoms. The monoisotopic (exact) mass is 222 g/mol. The largest absolute Gasteiger partial charge is 0.507 e. The molecule has 0 saturated carbocycles. The number of phenols is 1. The second-order valence-corrected chi connectivity index (χ2v) is 4.24. The highest BCUT2D eigenvalue weighted by atomic mass is 16.7. The number of rotatable bonds is 2. The summed E-state index contributed by atoms with van der Waals surface area (Å²) in [5.74, 6) is 0.233. The lowest BCUT2D eigenvalue weighted by molar-refractivity contribution is -0.244. The number of hydrogen-bond donors (Lipinski definition) is 1. The van der Waals surface area contributed by atoms with E-state index in [2.05, 4.69) is 6.92 Å². The maximum atomic E-state index is 9.75. The van der Waals surface area contributed by atoms with Crippen molar-refractivity contribution in [3.05, 3.63) is 29.8 Å². The molecule has 1 saturated heterocycles. The van der Waals surface area contributed by atoms with Crippen LogP contribution in [0.15, 0.2) is 24.3 Å². The lowest BCUT2D eigenvalue weighted by Gasteiger charge is -2.34. The van der Waals surface area contributed by atoms with Gasteiger partial charge in [-0.05, 0) is 25.8 Å². The van der Waals surface area contributed by atoms with E-state index in [0.717, 1.165) is 12.8 Å². The van der Waals surface area contributed by atoms with Gasteiger partial charge in [0.25, 0.3) is 0 Å². The van der Waals surface area contributed by atoms with Gasteiger partial charge in [0.1, 0.15) is 5.75 Å². The van der Waals surface area contributed by atoms with E-state index in [0.29, 0.717) is 5.56 Å². The quantitative estimate of drug-likeness (QED) is 0.836. The zero-order chi connectivity index (χ0) is 11.5. The van der Waals surface area contributed by atoms with Crippen molar-refractivity contribution in [2.24, 2.45) is 0 Å². The van der Waals surface area contributed by atoms with Gasteiger partial charge in [-0.1, -0.05) is 25.1 Å². The molecule has 1 aromatic rings. The fourth-order valence-electron chi connectivity index (χ4n) is 2.00. The van der Waals surface area contributed by atoms with E-state index in [1.165, 1.54) is 0 Å². The summed E-state index contributed by atoms with van der Waals surface area (Å²) in [6.45, 7) is 4.14. The molecule has 3 atom stereocenters. The second-order valence-electron chi connectivity index (χ2n) is 4.24. The SMILES string of the molecule is CCC1CC(C)OC(c2ccccc2O)O1. The average molecular weight is 222 g/mol. The fourth-order valence-corrected chi connectivity index (χ4v) is 2.00. The topological polar surface area (TPSA) is 38.7 Å². The highest BCUT2D eigenvalue weighted by molar-refractivity contribution is 5.32. The Labute approximate surface area is 96.0 Å². The molecule has 3 nitrogen and oxygen atoms in total. The van der Waals surface area contributed by atoms with Gasteiger partial charge in [0.15, 0.2) is 6.29 Å². The molecule has 0 radical (unpaired) electrons. The molecule has 1 aromatic carbocycles. The third kappa shape index (κ3) is 2.36. The third-order valence-electron chi connectivity index (χ3n) is 2.91. The van der Waals surface area contributed by atoms with Crippen molar-refractivity contribution in [3.8, 4) is 5.75 Å². The van der Waals surface area contributed by atoms with Gasteiger partial charge >= 0.3 is 0 Å². The van der Waals surface area contributed by atoms with E-state index in [1.54, 1.807) is 12.1 Å². The Kier molecular flexibility index (Phi) is 3.46. The average Bonchev–Trinajstić information content (AvgIpc) is 2.28. The van der Waals surface area contributed by atoms with E-state index in [4.69, 9.17) is 9.47 Å². The molecule has 0 spiro atoms. The molecule has 1 fully saturated rings. The molecular weight excluding hydrogens is 204 g/mol. The van der Waals surface area contributed by atoms with Crippen LogP contribution in [0.5, 0.6) is 5.75 Å². The maximum absolute atomic E-state index is 9.75. The van der Waals surface area contributed by atoms with Crippen LogP contribution in [0, 0.1) is 0 Å². The molecule has 3 unspecified atom stereocenters. The van der Waals surface area contributed by atoms with Crippen LogP contribution in [-0.4, -0.2) is 17.3 Å². The van der Waals surface area contributed by atoms with Crippen molar-refractivity contribution in [1.29, 1.82) is 0 Å². The number of aromatic hydroxyl groups is 1. The zero-order valence-corrected chi connectivity index (χ0v) is 9.72. The Hall–Kier alpha value is -1.06. The minimum absolute atomic E-state index is 0.170. The minimum atomic E-state index is -0.435. The first-order valence-electron chi connectivity index (χ1n) is 5.79. The summed E-state index contributed by atoms with van der Waals surface area (Å²) < 4.78 is 11.5. The number of benzene rings is 1. The zero-order valence-electron chi connectivity index (χ0n) is 9.72. The summed E-state index contributed by atoms with van der Waals surface area (Å²) in [7, 11) is 0. The van der Waals surface area contributed by atoms with Crippen LogP contribution >= 0.6 is 0 Å². The standard InChI is InChI=1S/C13H18O3/c1-3-10-8-9(2)15-13(16-10)11-6-4-5-7-12(11)14/h4-7,9-10,13-14H,3,8H2,1-2H3. The minimum Gasteiger partial charge on any atom is -0.507 e. The predicted octanol–water partition coefficient (Wildman–Crippen LogP) is 2.99. The van der Waals surface area contributed by atoms with Crippen LogP contribution in [0.4, 0.5) is 0 Å². The fraction of sp³-hybridized carbons (Fsp3) is 0.538. The summed E-state index contributed by atoms with van der Waals surface area (Å²) in [5, 5.41) is 9.75. The summed E-state index contributed by atoms with van der Waals surface area (Å²) in [5.41, 5.74) is 0.715. The first-order chi connectivity index (χ1) is 7.70. The van der Waals surface area contributed by atoms with Crippen LogP contribution in [0.2, 0.25) is 0 Å². The van der Waals surface area contributed by atoms with Gasteiger partial charge in [0, 0.05) is 5.56 Å². The predicted molar refractivity (Wildman–Crippen MR) is 61.2 cm³/mol. The highest BCUT2D eigenvalue weighted by Crippen LogP contribution is 2.34. The molecule has 2 rings (SSSR count). The lowest BCUT2D eigenvalue weighted by atomic mass is 10.1. The Morgan fingerprint density at radius 3 is 2.75 bits per heavy atom. The Bertz CT molecular complexity index is 351. The van der Waals surface area contributed by atoms with Crippen LogP contribution in [-0.2, 0) is 9.47 Å². The molecule has 0 amide bonds. The van der Waals surface area contributed by atoms with Gasteiger partial charge < -0.3 is 14.6 Å². The van der Waals surface area contributed by atoms with Crippen LogP contribution in [0.25, 0.3) is 0 Å². The van der Waals surface area contributed by atoms with E-state index in [-0.39, 0.29) is 18.0 Å². The highest BCUT2D eigenvalue weighted by Gasteiger charge is 2.29. The first-order valence-corrected chi connectivity index (χ1v) is 5.79. The van der Waals surface area contributed by atoms with Crippen LogP contribution < -0.4 is 0 Å². The van der Waals surface area contributed by atoms with E-state index >= 15 is 0 Å². The Morgan fingerprint density at radius 2 is 2.06 bits per heavy atom. The Balaban J connectivity index is 2.17. The summed E-state index contributed by atoms with van der Waals surface area (Å²) in [6, 6.07) is 7.16. The molecule has 3 heteroatoms. The summed E-state index contributed by atoms with van der Waals surface area (Å²) in [6.07, 6.45) is 1.84. The smallest absolute Gasteiger partial charge is 0.187 e. The molecular formula is C13H18O3. The van der Waals surface area contributed by atoms with Crippen molar-refractivity contribution < 1.29 is 14.6 Å². The van der Waals surface area contributed by atoms with Crippen molar-refractivity contribution in [1.82, 2.24) is 0 Å².